The molecule has 2 aromatic rings. The lowest BCUT2D eigenvalue weighted by atomic mass is 10.3. The third kappa shape index (κ3) is 1.85. The third-order valence-electron chi connectivity index (χ3n) is 2.42. The van der Waals surface area contributed by atoms with E-state index in [-0.39, 0.29) is 0 Å². The monoisotopic (exact) mass is 223 g/mol. The van der Waals surface area contributed by atoms with Gasteiger partial charge in [-0.3, -0.25) is 0 Å². The summed E-state index contributed by atoms with van der Waals surface area (Å²) in [6.07, 6.45) is 4.58. The molecule has 0 aromatic carbocycles. The number of nitrogens with one attached hydrogen (secondary N) is 1. The maximum atomic E-state index is 5.21. The normalized spacial score (nSPS) is 10.8. The van der Waals surface area contributed by atoms with E-state index < -0.39 is 0 Å². The van der Waals surface area contributed by atoms with Gasteiger partial charge in [0, 0.05) is 18.9 Å². The standard InChI is InChI=1S/C9H13N5S/c1-3-7-4-10-9(15)14(7)5-8-12-11-6-13(8)2/h4,6H,3,5H2,1-2H3,(H,10,15). The lowest BCUT2D eigenvalue weighted by molar-refractivity contribution is 0.665. The van der Waals surface area contributed by atoms with Crippen LogP contribution in [-0.2, 0) is 20.0 Å². The number of nitrogens with zero attached hydrogens (tertiary/aromatic N) is 4. The van der Waals surface area contributed by atoms with Crippen LogP contribution in [0.3, 0.4) is 0 Å². The van der Waals surface area contributed by atoms with Crippen molar-refractivity contribution in [2.45, 2.75) is 19.9 Å². The second-order valence-corrected chi connectivity index (χ2v) is 3.77. The highest BCUT2D eigenvalue weighted by molar-refractivity contribution is 7.71. The van der Waals surface area contributed by atoms with Gasteiger partial charge in [-0.25, -0.2) is 0 Å². The van der Waals surface area contributed by atoms with Crippen LogP contribution < -0.4 is 0 Å². The molecule has 0 spiro atoms. The van der Waals surface area contributed by atoms with E-state index in [9.17, 15) is 0 Å². The summed E-state index contributed by atoms with van der Waals surface area (Å²) < 4.78 is 4.67. The van der Waals surface area contributed by atoms with Crippen molar-refractivity contribution in [3.63, 3.8) is 0 Å². The number of aromatic nitrogens is 5. The Hall–Kier alpha value is -1.43. The number of rotatable bonds is 3. The van der Waals surface area contributed by atoms with E-state index in [1.807, 2.05) is 22.4 Å². The highest BCUT2D eigenvalue weighted by Gasteiger charge is 2.06. The molecule has 0 unspecified atom stereocenters. The van der Waals surface area contributed by atoms with E-state index in [4.69, 9.17) is 12.2 Å². The minimum atomic E-state index is 0.669. The van der Waals surface area contributed by atoms with E-state index in [1.165, 1.54) is 5.69 Å². The number of imidazole rings is 1. The average molecular weight is 223 g/mol. The summed E-state index contributed by atoms with van der Waals surface area (Å²) in [4.78, 5) is 3.04. The van der Waals surface area contributed by atoms with E-state index in [1.54, 1.807) is 6.33 Å². The lowest BCUT2D eigenvalue weighted by Gasteiger charge is -2.05. The predicted molar refractivity (Wildman–Crippen MR) is 59.1 cm³/mol. The van der Waals surface area contributed by atoms with Crippen LogP contribution in [0.4, 0.5) is 0 Å². The molecule has 2 heterocycles. The molecular weight excluding hydrogens is 210 g/mol. The van der Waals surface area contributed by atoms with Crippen LogP contribution in [0.2, 0.25) is 0 Å². The Morgan fingerprint density at radius 2 is 2.33 bits per heavy atom. The summed E-state index contributed by atoms with van der Waals surface area (Å²) in [5, 5.41) is 7.88. The zero-order valence-corrected chi connectivity index (χ0v) is 9.58. The van der Waals surface area contributed by atoms with Crippen molar-refractivity contribution in [2.75, 3.05) is 0 Å². The van der Waals surface area contributed by atoms with Gasteiger partial charge in [-0.05, 0) is 18.6 Å². The fourth-order valence-corrected chi connectivity index (χ4v) is 1.73. The Kier molecular flexibility index (Phi) is 2.68. The van der Waals surface area contributed by atoms with Crippen molar-refractivity contribution in [2.24, 2.45) is 7.05 Å². The summed E-state index contributed by atoms with van der Waals surface area (Å²) in [6.45, 7) is 2.77. The lowest BCUT2D eigenvalue weighted by Crippen LogP contribution is -2.08. The fraction of sp³-hybridized carbons (Fsp3) is 0.444. The first kappa shape index (κ1) is 10.1. The second-order valence-electron chi connectivity index (χ2n) is 3.38. The molecule has 1 N–H and O–H groups in total. The molecule has 0 radical (unpaired) electrons. The van der Waals surface area contributed by atoms with Gasteiger partial charge in [-0.1, -0.05) is 6.92 Å². The van der Waals surface area contributed by atoms with E-state index >= 15 is 0 Å². The first-order valence-corrected chi connectivity index (χ1v) is 5.23. The Morgan fingerprint density at radius 1 is 1.53 bits per heavy atom. The smallest absolute Gasteiger partial charge is 0.177 e. The van der Waals surface area contributed by atoms with Crippen molar-refractivity contribution < 1.29 is 0 Å². The molecule has 0 aliphatic carbocycles. The minimum absolute atomic E-state index is 0.669. The number of aryl methyl sites for hydroxylation is 2. The Bertz CT molecular complexity index is 507. The van der Waals surface area contributed by atoms with Crippen molar-refractivity contribution in [1.82, 2.24) is 24.3 Å². The Labute approximate surface area is 92.8 Å². The molecule has 0 amide bonds. The van der Waals surface area contributed by atoms with Gasteiger partial charge in [0.1, 0.15) is 6.33 Å². The predicted octanol–water partition coefficient (Wildman–Crippen LogP) is 1.28. The summed E-state index contributed by atoms with van der Waals surface area (Å²) in [6, 6.07) is 0. The van der Waals surface area contributed by atoms with Crippen LogP contribution in [-0.4, -0.2) is 24.3 Å². The molecule has 5 nitrogen and oxygen atoms in total. The zero-order valence-electron chi connectivity index (χ0n) is 8.77. The molecule has 6 heteroatoms. The van der Waals surface area contributed by atoms with Crippen LogP contribution in [0.25, 0.3) is 0 Å². The largest absolute Gasteiger partial charge is 0.337 e. The van der Waals surface area contributed by atoms with Gasteiger partial charge in [0.25, 0.3) is 0 Å². The second kappa shape index (κ2) is 3.98. The molecule has 15 heavy (non-hydrogen) atoms. The summed E-state index contributed by atoms with van der Waals surface area (Å²) in [7, 11) is 1.93. The molecule has 0 aliphatic rings. The zero-order chi connectivity index (χ0) is 10.8. The molecule has 0 fully saturated rings. The highest BCUT2D eigenvalue weighted by atomic mass is 32.1. The SMILES string of the molecule is CCc1c[nH]c(=S)n1Cc1nncn1C. The molecule has 2 rings (SSSR count). The molecule has 0 saturated heterocycles. The van der Waals surface area contributed by atoms with Gasteiger partial charge in [0.15, 0.2) is 10.6 Å². The Morgan fingerprint density at radius 3 is 2.93 bits per heavy atom. The highest BCUT2D eigenvalue weighted by Crippen LogP contribution is 2.05. The number of hydrogen-bond donors (Lipinski definition) is 1. The number of aromatic amines is 1. The summed E-state index contributed by atoms with van der Waals surface area (Å²) >= 11 is 5.21. The molecule has 2 aromatic heterocycles. The van der Waals surface area contributed by atoms with E-state index in [0.717, 1.165) is 17.0 Å². The van der Waals surface area contributed by atoms with Crippen LogP contribution in [0, 0.1) is 4.77 Å². The summed E-state index contributed by atoms with van der Waals surface area (Å²) in [5.74, 6) is 0.903. The maximum absolute atomic E-state index is 5.21. The number of H-pyrrole nitrogens is 1. The molecule has 0 aliphatic heterocycles. The molecule has 0 bridgehead atoms. The van der Waals surface area contributed by atoms with Gasteiger partial charge in [-0.2, -0.15) is 0 Å². The first-order valence-electron chi connectivity index (χ1n) is 4.82. The quantitative estimate of drug-likeness (QED) is 0.798. The first-order chi connectivity index (χ1) is 7.22. The number of hydrogen-bond acceptors (Lipinski definition) is 3. The molecular formula is C9H13N5S. The summed E-state index contributed by atoms with van der Waals surface area (Å²) in [5.41, 5.74) is 1.18. The van der Waals surface area contributed by atoms with Crippen molar-refractivity contribution >= 4 is 12.2 Å². The van der Waals surface area contributed by atoms with Gasteiger partial charge < -0.3 is 14.1 Å². The van der Waals surface area contributed by atoms with Crippen molar-refractivity contribution in [1.29, 1.82) is 0 Å². The van der Waals surface area contributed by atoms with Gasteiger partial charge in [0.2, 0.25) is 0 Å². The van der Waals surface area contributed by atoms with Gasteiger partial charge in [-0.15, -0.1) is 10.2 Å². The van der Waals surface area contributed by atoms with Crippen molar-refractivity contribution in [3.05, 3.63) is 28.8 Å². The molecule has 80 valence electrons. The van der Waals surface area contributed by atoms with E-state index in [0.29, 0.717) is 6.54 Å². The fourth-order valence-electron chi connectivity index (χ4n) is 1.49. The topological polar surface area (TPSA) is 51.4 Å². The van der Waals surface area contributed by atoms with Crippen LogP contribution >= 0.6 is 12.2 Å². The van der Waals surface area contributed by atoms with E-state index in [2.05, 4.69) is 22.1 Å². The molecule has 0 atom stereocenters. The third-order valence-corrected chi connectivity index (χ3v) is 2.76. The minimum Gasteiger partial charge on any atom is -0.337 e. The maximum Gasteiger partial charge on any atom is 0.177 e. The molecule has 0 saturated carbocycles. The van der Waals surface area contributed by atoms with Crippen LogP contribution in [0.1, 0.15) is 18.4 Å². The van der Waals surface area contributed by atoms with Gasteiger partial charge >= 0.3 is 0 Å². The Balaban J connectivity index is 2.35. The van der Waals surface area contributed by atoms with Crippen molar-refractivity contribution in [3.8, 4) is 0 Å². The van der Waals surface area contributed by atoms with Crippen LogP contribution in [0.15, 0.2) is 12.5 Å². The average Bonchev–Trinajstić information content (AvgIpc) is 2.77. The van der Waals surface area contributed by atoms with Crippen LogP contribution in [0.5, 0.6) is 0 Å². The van der Waals surface area contributed by atoms with Gasteiger partial charge in [0.05, 0.1) is 6.54 Å².